The highest BCUT2D eigenvalue weighted by atomic mass is 32.1. The van der Waals surface area contributed by atoms with Gasteiger partial charge in [-0.25, -0.2) is 9.50 Å². The third kappa shape index (κ3) is 2.04. The van der Waals surface area contributed by atoms with Crippen LogP contribution < -0.4 is 0 Å². The van der Waals surface area contributed by atoms with E-state index in [0.717, 1.165) is 29.7 Å². The molecule has 0 saturated heterocycles. The molecule has 0 radical (unpaired) electrons. The monoisotopic (exact) mass is 283 g/mol. The lowest BCUT2D eigenvalue weighted by molar-refractivity contribution is -0.119. The fourth-order valence-corrected chi connectivity index (χ4v) is 3.01. The van der Waals surface area contributed by atoms with E-state index in [1.807, 2.05) is 28.1 Å². The zero-order chi connectivity index (χ0) is 13.5. The van der Waals surface area contributed by atoms with E-state index in [9.17, 15) is 4.79 Å². The molecule has 0 spiro atoms. The van der Waals surface area contributed by atoms with Crippen molar-refractivity contribution < 1.29 is 4.79 Å². The molecular formula is C15H13N3OS. The van der Waals surface area contributed by atoms with Crippen molar-refractivity contribution in [1.82, 2.24) is 14.6 Å². The molecule has 4 nitrogen and oxygen atoms in total. The van der Waals surface area contributed by atoms with Crippen molar-refractivity contribution >= 4 is 22.8 Å². The minimum atomic E-state index is 0.262. The van der Waals surface area contributed by atoms with Crippen LogP contribution in [0.1, 0.15) is 18.7 Å². The number of fused-ring (bicyclic) bond motifs is 1. The maximum Gasteiger partial charge on any atom is 0.159 e. The molecule has 4 rings (SSSR count). The molecule has 3 aromatic rings. The van der Waals surface area contributed by atoms with Crippen molar-refractivity contribution in [3.63, 3.8) is 0 Å². The smallest absolute Gasteiger partial charge is 0.159 e. The lowest BCUT2D eigenvalue weighted by Gasteiger charge is -2.00. The largest absolute Gasteiger partial charge is 0.299 e. The van der Waals surface area contributed by atoms with Gasteiger partial charge in [0.05, 0.1) is 12.1 Å². The molecule has 100 valence electrons. The molecule has 3 aromatic heterocycles. The highest BCUT2D eigenvalue weighted by Crippen LogP contribution is 2.30. The van der Waals surface area contributed by atoms with Gasteiger partial charge >= 0.3 is 0 Å². The predicted octanol–water partition coefficient (Wildman–Crippen LogP) is 2.98. The summed E-state index contributed by atoms with van der Waals surface area (Å²) in [7, 11) is 0. The van der Waals surface area contributed by atoms with Crippen LogP contribution in [0, 0.1) is 5.92 Å². The normalized spacial score (nSPS) is 14.8. The number of hydrogen-bond acceptors (Lipinski definition) is 4. The van der Waals surface area contributed by atoms with Crippen molar-refractivity contribution in [2.75, 3.05) is 0 Å². The SMILES string of the molecule is O=C(Cc1nc2cccc(-c3ccsc3)n2n1)C1CC1. The summed E-state index contributed by atoms with van der Waals surface area (Å²) in [6.07, 6.45) is 2.42. The quantitative estimate of drug-likeness (QED) is 0.739. The van der Waals surface area contributed by atoms with Gasteiger partial charge in [-0.1, -0.05) is 6.07 Å². The molecule has 1 aliphatic rings. The topological polar surface area (TPSA) is 47.3 Å². The summed E-state index contributed by atoms with van der Waals surface area (Å²) in [5.41, 5.74) is 2.94. The zero-order valence-corrected chi connectivity index (χ0v) is 11.6. The third-order valence-corrected chi connectivity index (χ3v) is 4.27. The Morgan fingerprint density at radius 1 is 1.35 bits per heavy atom. The van der Waals surface area contributed by atoms with Gasteiger partial charge in [0, 0.05) is 16.9 Å². The molecule has 1 aliphatic carbocycles. The number of thiophene rings is 1. The summed E-state index contributed by atoms with van der Waals surface area (Å²) >= 11 is 1.66. The van der Waals surface area contributed by atoms with Gasteiger partial charge < -0.3 is 0 Å². The van der Waals surface area contributed by atoms with Crippen LogP contribution in [0.3, 0.4) is 0 Å². The molecular weight excluding hydrogens is 270 g/mol. The van der Waals surface area contributed by atoms with Gasteiger partial charge in [0.1, 0.15) is 5.78 Å². The number of aromatic nitrogens is 3. The maximum absolute atomic E-state index is 11.9. The number of pyridine rings is 1. The lowest BCUT2D eigenvalue weighted by Crippen LogP contribution is -2.06. The van der Waals surface area contributed by atoms with E-state index in [1.165, 1.54) is 0 Å². The number of rotatable bonds is 4. The average molecular weight is 283 g/mol. The lowest BCUT2D eigenvalue weighted by atomic mass is 10.2. The second-order valence-corrected chi connectivity index (χ2v) is 5.92. The van der Waals surface area contributed by atoms with Gasteiger partial charge in [0.2, 0.25) is 0 Å². The van der Waals surface area contributed by atoms with Crippen molar-refractivity contribution in [3.8, 4) is 11.3 Å². The Morgan fingerprint density at radius 2 is 2.25 bits per heavy atom. The van der Waals surface area contributed by atoms with E-state index in [1.54, 1.807) is 11.3 Å². The Kier molecular flexibility index (Phi) is 2.67. The van der Waals surface area contributed by atoms with Crippen LogP contribution in [0.15, 0.2) is 35.0 Å². The molecule has 5 heteroatoms. The van der Waals surface area contributed by atoms with Crippen molar-refractivity contribution in [3.05, 3.63) is 40.8 Å². The van der Waals surface area contributed by atoms with Crippen molar-refractivity contribution in [2.24, 2.45) is 5.92 Å². The van der Waals surface area contributed by atoms with E-state index < -0.39 is 0 Å². The van der Waals surface area contributed by atoms with Crippen molar-refractivity contribution in [2.45, 2.75) is 19.3 Å². The predicted molar refractivity (Wildman–Crippen MR) is 77.7 cm³/mol. The summed E-state index contributed by atoms with van der Waals surface area (Å²) in [5.74, 6) is 1.17. The molecule has 0 aliphatic heterocycles. The zero-order valence-electron chi connectivity index (χ0n) is 10.8. The number of carbonyl (C=O) groups is 1. The van der Waals surface area contributed by atoms with E-state index in [2.05, 4.69) is 21.5 Å². The van der Waals surface area contributed by atoms with Crippen LogP contribution in [0.5, 0.6) is 0 Å². The Labute approximate surface area is 120 Å². The number of carbonyl (C=O) groups excluding carboxylic acids is 1. The van der Waals surface area contributed by atoms with Crippen LogP contribution >= 0.6 is 11.3 Å². The second-order valence-electron chi connectivity index (χ2n) is 5.14. The van der Waals surface area contributed by atoms with E-state index in [0.29, 0.717) is 12.2 Å². The minimum Gasteiger partial charge on any atom is -0.299 e. The van der Waals surface area contributed by atoms with Crippen LogP contribution in [0.25, 0.3) is 16.9 Å². The Bertz CT molecular complexity index is 772. The molecule has 3 heterocycles. The van der Waals surface area contributed by atoms with Gasteiger partial charge in [-0.05, 0) is 36.4 Å². The third-order valence-electron chi connectivity index (χ3n) is 3.59. The fraction of sp³-hybridized carbons (Fsp3) is 0.267. The Hall–Kier alpha value is -2.01. The summed E-state index contributed by atoms with van der Waals surface area (Å²) in [6.45, 7) is 0. The first kappa shape index (κ1) is 11.8. The van der Waals surface area contributed by atoms with E-state index in [-0.39, 0.29) is 11.7 Å². The Balaban J connectivity index is 1.75. The first-order valence-electron chi connectivity index (χ1n) is 6.71. The molecule has 0 N–H and O–H groups in total. The van der Waals surface area contributed by atoms with Gasteiger partial charge in [0.25, 0.3) is 0 Å². The molecule has 0 amide bonds. The summed E-state index contributed by atoms with van der Waals surface area (Å²) in [6, 6.07) is 7.99. The second kappa shape index (κ2) is 4.52. The van der Waals surface area contributed by atoms with Gasteiger partial charge in [-0.15, -0.1) is 0 Å². The van der Waals surface area contributed by atoms with Gasteiger partial charge in [0.15, 0.2) is 11.5 Å². The van der Waals surface area contributed by atoms with Crippen LogP contribution in [-0.4, -0.2) is 20.4 Å². The van der Waals surface area contributed by atoms with Gasteiger partial charge in [-0.3, -0.25) is 4.79 Å². The molecule has 0 bridgehead atoms. The average Bonchev–Trinajstić information content (AvgIpc) is 3.00. The van der Waals surface area contributed by atoms with Gasteiger partial charge in [-0.2, -0.15) is 16.4 Å². The Morgan fingerprint density at radius 3 is 3.00 bits per heavy atom. The molecule has 0 aromatic carbocycles. The first-order valence-corrected chi connectivity index (χ1v) is 7.65. The standard InChI is InChI=1S/C15H13N3OS/c19-13(10-4-5-10)8-14-16-15-3-1-2-12(18(15)17-14)11-6-7-20-9-11/h1-3,6-7,9-10H,4-5,8H2. The molecule has 1 saturated carbocycles. The summed E-state index contributed by atoms with van der Waals surface area (Å²) < 4.78 is 1.83. The highest BCUT2D eigenvalue weighted by Gasteiger charge is 2.30. The number of nitrogens with zero attached hydrogens (tertiary/aromatic N) is 3. The van der Waals surface area contributed by atoms with Crippen LogP contribution in [0.4, 0.5) is 0 Å². The number of Topliss-reactive ketones (excluding diaryl/α,β-unsaturated/α-hetero) is 1. The van der Waals surface area contributed by atoms with Crippen LogP contribution in [0.2, 0.25) is 0 Å². The maximum atomic E-state index is 11.9. The highest BCUT2D eigenvalue weighted by molar-refractivity contribution is 7.08. The number of hydrogen-bond donors (Lipinski definition) is 0. The minimum absolute atomic E-state index is 0.262. The molecule has 20 heavy (non-hydrogen) atoms. The first-order chi connectivity index (χ1) is 9.81. The molecule has 1 fully saturated rings. The van der Waals surface area contributed by atoms with E-state index >= 15 is 0 Å². The number of ketones is 1. The summed E-state index contributed by atoms with van der Waals surface area (Å²) in [4.78, 5) is 16.3. The molecule has 0 atom stereocenters. The van der Waals surface area contributed by atoms with Crippen LogP contribution in [-0.2, 0) is 11.2 Å². The summed E-state index contributed by atoms with van der Waals surface area (Å²) in [5, 5.41) is 8.64. The van der Waals surface area contributed by atoms with E-state index in [4.69, 9.17) is 0 Å². The molecule has 0 unspecified atom stereocenters. The fourth-order valence-electron chi connectivity index (χ4n) is 2.36. The van der Waals surface area contributed by atoms with Crippen molar-refractivity contribution in [1.29, 1.82) is 0 Å².